The molecule has 12 heavy (non-hydrogen) atoms. The SMILES string of the molecule is CNCCc1cccnc1OC. The van der Waals surface area contributed by atoms with Gasteiger partial charge in [0.15, 0.2) is 0 Å². The van der Waals surface area contributed by atoms with E-state index in [0.717, 1.165) is 24.4 Å². The molecule has 0 aliphatic rings. The summed E-state index contributed by atoms with van der Waals surface area (Å²) in [5.74, 6) is 0.729. The Morgan fingerprint density at radius 3 is 3.08 bits per heavy atom. The van der Waals surface area contributed by atoms with E-state index in [2.05, 4.69) is 10.3 Å². The molecule has 1 N–H and O–H groups in total. The third-order valence-electron chi connectivity index (χ3n) is 1.69. The van der Waals surface area contributed by atoms with E-state index in [1.165, 1.54) is 0 Å². The summed E-state index contributed by atoms with van der Waals surface area (Å²) in [6.45, 7) is 0.946. The molecule has 0 aliphatic heterocycles. The van der Waals surface area contributed by atoms with Crippen LogP contribution in [0, 0.1) is 0 Å². The summed E-state index contributed by atoms with van der Waals surface area (Å²) in [5.41, 5.74) is 1.15. The second-order valence-electron chi connectivity index (χ2n) is 2.53. The first-order chi connectivity index (χ1) is 5.88. The summed E-state index contributed by atoms with van der Waals surface area (Å²) in [6.07, 6.45) is 2.69. The predicted octanol–water partition coefficient (Wildman–Crippen LogP) is 0.852. The van der Waals surface area contributed by atoms with Crippen LogP contribution in [0.5, 0.6) is 5.88 Å². The summed E-state index contributed by atoms with van der Waals surface area (Å²) in [6, 6.07) is 3.96. The molecule has 0 amide bonds. The summed E-state index contributed by atoms with van der Waals surface area (Å²) in [4.78, 5) is 4.10. The number of hydrogen-bond acceptors (Lipinski definition) is 3. The first-order valence-electron chi connectivity index (χ1n) is 4.01. The summed E-state index contributed by atoms with van der Waals surface area (Å²) < 4.78 is 5.10. The van der Waals surface area contributed by atoms with E-state index in [9.17, 15) is 0 Å². The Balaban J connectivity index is 2.68. The lowest BCUT2D eigenvalue weighted by Gasteiger charge is -2.05. The van der Waals surface area contributed by atoms with Gasteiger partial charge in [-0.1, -0.05) is 6.07 Å². The van der Waals surface area contributed by atoms with E-state index in [1.54, 1.807) is 13.3 Å². The zero-order valence-electron chi connectivity index (χ0n) is 7.50. The number of ether oxygens (including phenoxy) is 1. The van der Waals surface area contributed by atoms with Crippen LogP contribution in [0.2, 0.25) is 0 Å². The van der Waals surface area contributed by atoms with Gasteiger partial charge in [-0.3, -0.25) is 0 Å². The molecule has 3 heteroatoms. The first kappa shape index (κ1) is 9.00. The highest BCUT2D eigenvalue weighted by molar-refractivity contribution is 5.25. The second kappa shape index (κ2) is 4.72. The van der Waals surface area contributed by atoms with Crippen LogP contribution in [-0.2, 0) is 6.42 Å². The molecule has 0 aromatic carbocycles. The lowest BCUT2D eigenvalue weighted by molar-refractivity contribution is 0.392. The highest BCUT2D eigenvalue weighted by atomic mass is 16.5. The quantitative estimate of drug-likeness (QED) is 0.720. The average molecular weight is 166 g/mol. The highest BCUT2D eigenvalue weighted by Crippen LogP contribution is 2.13. The Morgan fingerprint density at radius 2 is 2.42 bits per heavy atom. The molecule has 1 aromatic heterocycles. The number of methoxy groups -OCH3 is 1. The predicted molar refractivity (Wildman–Crippen MR) is 48.4 cm³/mol. The minimum Gasteiger partial charge on any atom is -0.481 e. The largest absolute Gasteiger partial charge is 0.481 e. The van der Waals surface area contributed by atoms with Crippen LogP contribution in [0.25, 0.3) is 0 Å². The van der Waals surface area contributed by atoms with Crippen molar-refractivity contribution in [2.24, 2.45) is 0 Å². The molecular weight excluding hydrogens is 152 g/mol. The van der Waals surface area contributed by atoms with Crippen LogP contribution < -0.4 is 10.1 Å². The Labute approximate surface area is 72.8 Å². The lowest BCUT2D eigenvalue weighted by atomic mass is 10.2. The van der Waals surface area contributed by atoms with E-state index >= 15 is 0 Å². The van der Waals surface area contributed by atoms with Gasteiger partial charge in [-0.25, -0.2) is 4.98 Å². The van der Waals surface area contributed by atoms with Gasteiger partial charge in [0.25, 0.3) is 0 Å². The zero-order valence-corrected chi connectivity index (χ0v) is 7.50. The molecule has 0 bridgehead atoms. The monoisotopic (exact) mass is 166 g/mol. The van der Waals surface area contributed by atoms with Gasteiger partial charge < -0.3 is 10.1 Å². The number of nitrogens with zero attached hydrogens (tertiary/aromatic N) is 1. The van der Waals surface area contributed by atoms with E-state index in [0.29, 0.717) is 0 Å². The van der Waals surface area contributed by atoms with Crippen LogP contribution in [-0.4, -0.2) is 25.7 Å². The molecule has 0 fully saturated rings. The highest BCUT2D eigenvalue weighted by Gasteiger charge is 2.00. The van der Waals surface area contributed by atoms with E-state index in [4.69, 9.17) is 4.74 Å². The van der Waals surface area contributed by atoms with Crippen molar-refractivity contribution in [2.75, 3.05) is 20.7 Å². The number of nitrogens with one attached hydrogen (secondary N) is 1. The first-order valence-corrected chi connectivity index (χ1v) is 4.01. The fourth-order valence-electron chi connectivity index (χ4n) is 1.06. The maximum atomic E-state index is 5.10. The van der Waals surface area contributed by atoms with Gasteiger partial charge in [0.2, 0.25) is 5.88 Å². The topological polar surface area (TPSA) is 34.2 Å². The van der Waals surface area contributed by atoms with Crippen molar-refractivity contribution < 1.29 is 4.74 Å². The number of likely N-dealkylation sites (N-methyl/N-ethyl adjacent to an activating group) is 1. The van der Waals surface area contributed by atoms with Gasteiger partial charge in [0, 0.05) is 11.8 Å². The van der Waals surface area contributed by atoms with Crippen LogP contribution in [0.1, 0.15) is 5.56 Å². The van der Waals surface area contributed by atoms with Crippen LogP contribution in [0.15, 0.2) is 18.3 Å². The van der Waals surface area contributed by atoms with E-state index in [1.807, 2.05) is 19.2 Å². The minimum atomic E-state index is 0.729. The fourth-order valence-corrected chi connectivity index (χ4v) is 1.06. The van der Waals surface area contributed by atoms with Gasteiger partial charge in [0.1, 0.15) is 0 Å². The molecule has 66 valence electrons. The smallest absolute Gasteiger partial charge is 0.216 e. The number of pyridine rings is 1. The van der Waals surface area contributed by atoms with Crippen LogP contribution >= 0.6 is 0 Å². The zero-order chi connectivity index (χ0) is 8.81. The molecule has 0 spiro atoms. The average Bonchev–Trinajstić information content (AvgIpc) is 2.15. The Kier molecular flexibility index (Phi) is 3.54. The van der Waals surface area contributed by atoms with Crippen LogP contribution in [0.4, 0.5) is 0 Å². The standard InChI is InChI=1S/C9H14N2O/c1-10-7-5-8-4-3-6-11-9(8)12-2/h3-4,6,10H,5,7H2,1-2H3. The van der Waals surface area contributed by atoms with Crippen molar-refractivity contribution in [3.63, 3.8) is 0 Å². The number of hydrogen-bond donors (Lipinski definition) is 1. The van der Waals surface area contributed by atoms with Crippen molar-refractivity contribution in [1.29, 1.82) is 0 Å². The molecule has 0 atom stereocenters. The van der Waals surface area contributed by atoms with Gasteiger partial charge in [-0.05, 0) is 26.1 Å². The van der Waals surface area contributed by atoms with Crippen molar-refractivity contribution >= 4 is 0 Å². The molecule has 3 nitrogen and oxygen atoms in total. The Hall–Kier alpha value is -1.09. The molecular formula is C9H14N2O. The Morgan fingerprint density at radius 1 is 1.58 bits per heavy atom. The molecule has 0 radical (unpaired) electrons. The molecule has 1 rings (SSSR count). The normalized spacial score (nSPS) is 9.83. The molecule has 1 aromatic rings. The maximum absolute atomic E-state index is 5.10. The van der Waals surface area contributed by atoms with Gasteiger partial charge in [0.05, 0.1) is 7.11 Å². The Bertz CT molecular complexity index is 238. The van der Waals surface area contributed by atoms with E-state index < -0.39 is 0 Å². The second-order valence-corrected chi connectivity index (χ2v) is 2.53. The molecule has 0 unspecified atom stereocenters. The third kappa shape index (κ3) is 2.20. The lowest BCUT2D eigenvalue weighted by Crippen LogP contribution is -2.11. The maximum Gasteiger partial charge on any atom is 0.216 e. The van der Waals surface area contributed by atoms with Crippen molar-refractivity contribution in [3.05, 3.63) is 23.9 Å². The molecule has 0 saturated carbocycles. The molecule has 0 aliphatic carbocycles. The fraction of sp³-hybridized carbons (Fsp3) is 0.444. The summed E-state index contributed by atoms with van der Waals surface area (Å²) >= 11 is 0. The minimum absolute atomic E-state index is 0.729. The van der Waals surface area contributed by atoms with Crippen molar-refractivity contribution in [1.82, 2.24) is 10.3 Å². The van der Waals surface area contributed by atoms with Crippen molar-refractivity contribution in [2.45, 2.75) is 6.42 Å². The number of rotatable bonds is 4. The van der Waals surface area contributed by atoms with Crippen LogP contribution in [0.3, 0.4) is 0 Å². The van der Waals surface area contributed by atoms with Gasteiger partial charge in [-0.2, -0.15) is 0 Å². The molecule has 0 saturated heterocycles. The number of aromatic nitrogens is 1. The summed E-state index contributed by atoms with van der Waals surface area (Å²) in [5, 5.41) is 3.08. The van der Waals surface area contributed by atoms with Gasteiger partial charge >= 0.3 is 0 Å². The van der Waals surface area contributed by atoms with Gasteiger partial charge in [-0.15, -0.1) is 0 Å². The van der Waals surface area contributed by atoms with E-state index in [-0.39, 0.29) is 0 Å². The molecule has 1 heterocycles. The third-order valence-corrected chi connectivity index (χ3v) is 1.69. The summed E-state index contributed by atoms with van der Waals surface area (Å²) in [7, 11) is 3.58. The van der Waals surface area contributed by atoms with Crippen molar-refractivity contribution in [3.8, 4) is 5.88 Å².